The van der Waals surface area contributed by atoms with E-state index in [0.717, 1.165) is 109 Å². The van der Waals surface area contributed by atoms with Crippen molar-refractivity contribution in [2.45, 2.75) is 256 Å². The highest BCUT2D eigenvalue weighted by molar-refractivity contribution is 5.76. The number of aliphatic hydroxyl groups is 5. The maximum atomic E-state index is 13.0. The van der Waals surface area contributed by atoms with Crippen LogP contribution in [0.2, 0.25) is 0 Å². The summed E-state index contributed by atoms with van der Waals surface area (Å²) in [5.74, 6) is -0.197. The van der Waals surface area contributed by atoms with Crippen LogP contribution in [-0.4, -0.2) is 87.5 Å². The Morgan fingerprint density at radius 2 is 0.851 bits per heavy atom. The molecule has 1 aliphatic heterocycles. The van der Waals surface area contributed by atoms with Gasteiger partial charge < -0.3 is 40.3 Å². The van der Waals surface area contributed by atoms with Crippen molar-refractivity contribution in [2.75, 3.05) is 13.2 Å². The third-order valence-corrected chi connectivity index (χ3v) is 13.0. The number of allylic oxidation sites excluding steroid dienone is 21. The van der Waals surface area contributed by atoms with Crippen molar-refractivity contribution in [3.05, 3.63) is 134 Å². The third kappa shape index (κ3) is 41.6. The van der Waals surface area contributed by atoms with E-state index in [2.05, 4.69) is 141 Å². The molecule has 0 saturated carbocycles. The van der Waals surface area contributed by atoms with Crippen molar-refractivity contribution in [2.24, 2.45) is 0 Å². The number of unbranched alkanes of at least 4 members (excludes halogenated alkanes) is 18. The fraction of sp³-hybridized carbons (Fsp3) is 0.646. The molecular formula is C65H107NO8. The monoisotopic (exact) mass is 1030 g/mol. The SMILES string of the molecule is CC/C=C\C/C=C\C/C=C\C/C=C\C/C=C\C/C=C\C/C=C\C/C=C\C/C=C\CCCCCCCCCCCCCC(=O)NC(COC1OC(CO)C(O)C(O)C1O)C(O)/C=C/CC/C=C/CCCCCCCC. The predicted molar refractivity (Wildman–Crippen MR) is 313 cm³/mol. The van der Waals surface area contributed by atoms with Crippen LogP contribution in [0, 0.1) is 0 Å². The Bertz CT molecular complexity index is 1620. The highest BCUT2D eigenvalue weighted by Gasteiger charge is 2.44. The third-order valence-electron chi connectivity index (χ3n) is 13.0. The van der Waals surface area contributed by atoms with Gasteiger partial charge in [-0.25, -0.2) is 0 Å². The summed E-state index contributed by atoms with van der Waals surface area (Å²) in [4.78, 5) is 13.0. The van der Waals surface area contributed by atoms with E-state index in [9.17, 15) is 30.3 Å². The molecule has 0 aromatic rings. The molecule has 9 nitrogen and oxygen atoms in total. The first-order chi connectivity index (χ1) is 36.3. The first-order valence-electron chi connectivity index (χ1n) is 29.4. The van der Waals surface area contributed by atoms with Gasteiger partial charge in [-0.2, -0.15) is 0 Å². The molecular weight excluding hydrogens is 923 g/mol. The lowest BCUT2D eigenvalue weighted by molar-refractivity contribution is -0.302. The van der Waals surface area contributed by atoms with Crippen LogP contribution in [0.3, 0.4) is 0 Å². The minimum absolute atomic E-state index is 0.197. The maximum absolute atomic E-state index is 13.0. The van der Waals surface area contributed by atoms with Crippen molar-refractivity contribution in [1.82, 2.24) is 5.32 Å². The fourth-order valence-corrected chi connectivity index (χ4v) is 8.34. The lowest BCUT2D eigenvalue weighted by Gasteiger charge is -2.40. The van der Waals surface area contributed by atoms with Crippen molar-refractivity contribution in [3.8, 4) is 0 Å². The van der Waals surface area contributed by atoms with E-state index in [-0.39, 0.29) is 12.5 Å². The molecule has 0 bridgehead atoms. The summed E-state index contributed by atoms with van der Waals surface area (Å²) in [6.07, 6.45) is 73.9. The summed E-state index contributed by atoms with van der Waals surface area (Å²) < 4.78 is 11.2. The van der Waals surface area contributed by atoms with Crippen LogP contribution in [0.5, 0.6) is 0 Å². The summed E-state index contributed by atoms with van der Waals surface area (Å²) in [6.45, 7) is 3.61. The highest BCUT2D eigenvalue weighted by atomic mass is 16.7. The Balaban J connectivity index is 2.14. The lowest BCUT2D eigenvalue weighted by Crippen LogP contribution is -2.60. The van der Waals surface area contributed by atoms with Crippen molar-refractivity contribution < 1.29 is 39.8 Å². The molecule has 1 saturated heterocycles. The van der Waals surface area contributed by atoms with Crippen molar-refractivity contribution >= 4 is 5.91 Å². The molecule has 0 aliphatic carbocycles. The maximum Gasteiger partial charge on any atom is 0.220 e. The number of hydrogen-bond donors (Lipinski definition) is 6. The average Bonchev–Trinajstić information content (AvgIpc) is 3.40. The molecule has 0 aromatic heterocycles. The fourth-order valence-electron chi connectivity index (χ4n) is 8.34. The van der Waals surface area contributed by atoms with Crippen LogP contribution >= 0.6 is 0 Å². The minimum atomic E-state index is -1.58. The van der Waals surface area contributed by atoms with E-state index in [1.807, 2.05) is 6.08 Å². The van der Waals surface area contributed by atoms with Gasteiger partial charge in [-0.05, 0) is 103 Å². The standard InChI is InChI=1S/C65H107NO8/c1-3-5-7-9-11-13-15-17-18-19-20-21-22-23-24-25-26-27-28-29-30-31-32-33-34-35-36-37-38-39-40-41-42-43-45-47-49-51-53-55-61(69)66-58(57-73-65-64(72)63(71)62(70)60(56-67)74-65)59(68)54-52-50-48-46-44-16-14-12-10-8-6-4-2/h5,7,11,13,17-18,20-21,23-24,26-27,29-30,32-33,35-36,44,46,52,54,58-60,62-65,67-68,70-72H,3-4,6,8-10,12,14-16,19,22,25,28,31,34,37-43,45,47-51,53,55-57H2,1-2H3,(H,66,69)/b7-5-,13-11-,18-17-,21-20-,24-23-,27-26-,30-29-,33-32-,36-35-,46-44+,54-52+. The Labute approximate surface area is 451 Å². The summed E-state index contributed by atoms with van der Waals surface area (Å²) in [5.41, 5.74) is 0. The van der Waals surface area contributed by atoms with E-state index < -0.39 is 49.5 Å². The van der Waals surface area contributed by atoms with Crippen LogP contribution in [0.4, 0.5) is 0 Å². The molecule has 1 heterocycles. The van der Waals surface area contributed by atoms with Crippen molar-refractivity contribution in [1.29, 1.82) is 0 Å². The van der Waals surface area contributed by atoms with E-state index in [0.29, 0.717) is 6.42 Å². The number of amides is 1. The quantitative estimate of drug-likeness (QED) is 0.0261. The molecule has 0 aromatic carbocycles. The zero-order valence-electron chi connectivity index (χ0n) is 46.5. The van der Waals surface area contributed by atoms with E-state index in [1.54, 1.807) is 6.08 Å². The molecule has 9 heteroatoms. The summed E-state index contributed by atoms with van der Waals surface area (Å²) >= 11 is 0. The van der Waals surface area contributed by atoms with Crippen LogP contribution in [0.1, 0.15) is 213 Å². The normalized spacial score (nSPS) is 20.0. The molecule has 1 rings (SSSR count). The molecule has 7 unspecified atom stereocenters. The molecule has 74 heavy (non-hydrogen) atoms. The van der Waals surface area contributed by atoms with E-state index in [4.69, 9.17) is 9.47 Å². The second-order valence-corrected chi connectivity index (χ2v) is 19.7. The van der Waals surface area contributed by atoms with Gasteiger partial charge in [-0.3, -0.25) is 4.79 Å². The van der Waals surface area contributed by atoms with Crippen LogP contribution in [0.25, 0.3) is 0 Å². The second-order valence-electron chi connectivity index (χ2n) is 19.7. The minimum Gasteiger partial charge on any atom is -0.394 e. The van der Waals surface area contributed by atoms with Crippen LogP contribution in [-0.2, 0) is 14.3 Å². The molecule has 1 aliphatic rings. The summed E-state index contributed by atoms with van der Waals surface area (Å²) in [6, 6.07) is -0.831. The number of ether oxygens (including phenoxy) is 2. The Hall–Kier alpha value is -3.67. The predicted octanol–water partition coefficient (Wildman–Crippen LogP) is 14.9. The molecule has 1 amide bonds. The van der Waals surface area contributed by atoms with Gasteiger partial charge in [0, 0.05) is 6.42 Å². The largest absolute Gasteiger partial charge is 0.394 e. The molecule has 7 atom stereocenters. The van der Waals surface area contributed by atoms with Gasteiger partial charge in [0.2, 0.25) is 5.91 Å². The Morgan fingerprint density at radius 1 is 0.473 bits per heavy atom. The molecule has 6 N–H and O–H groups in total. The number of aliphatic hydroxyl groups excluding tert-OH is 5. The number of nitrogens with one attached hydrogen (secondary N) is 1. The first-order valence-corrected chi connectivity index (χ1v) is 29.4. The average molecular weight is 1030 g/mol. The van der Waals surface area contributed by atoms with E-state index >= 15 is 0 Å². The van der Waals surface area contributed by atoms with E-state index in [1.165, 1.54) is 83.5 Å². The first kappa shape index (κ1) is 68.3. The number of hydrogen-bond acceptors (Lipinski definition) is 8. The van der Waals surface area contributed by atoms with Gasteiger partial charge in [0.15, 0.2) is 6.29 Å². The zero-order valence-corrected chi connectivity index (χ0v) is 46.5. The number of rotatable bonds is 48. The summed E-state index contributed by atoms with van der Waals surface area (Å²) in [5, 5.41) is 54.3. The topological polar surface area (TPSA) is 149 Å². The van der Waals surface area contributed by atoms with Gasteiger partial charge >= 0.3 is 0 Å². The van der Waals surface area contributed by atoms with Crippen LogP contribution < -0.4 is 5.32 Å². The molecule has 0 spiro atoms. The molecule has 1 fully saturated rings. The van der Waals surface area contributed by atoms with Crippen molar-refractivity contribution in [3.63, 3.8) is 0 Å². The Morgan fingerprint density at radius 3 is 1.30 bits per heavy atom. The molecule has 420 valence electrons. The van der Waals surface area contributed by atoms with Gasteiger partial charge in [-0.1, -0.05) is 237 Å². The van der Waals surface area contributed by atoms with Gasteiger partial charge in [0.25, 0.3) is 0 Å². The van der Waals surface area contributed by atoms with Gasteiger partial charge in [0.1, 0.15) is 24.4 Å². The van der Waals surface area contributed by atoms with Gasteiger partial charge in [0.05, 0.1) is 25.4 Å². The summed E-state index contributed by atoms with van der Waals surface area (Å²) in [7, 11) is 0. The van der Waals surface area contributed by atoms with Gasteiger partial charge in [-0.15, -0.1) is 0 Å². The number of carbonyl (C=O) groups is 1. The Kier molecular flexibility index (Phi) is 48.7. The van der Waals surface area contributed by atoms with Crippen LogP contribution in [0.15, 0.2) is 134 Å². The smallest absolute Gasteiger partial charge is 0.220 e. The zero-order chi connectivity index (χ0) is 53.6. The molecule has 0 radical (unpaired) electrons. The second kappa shape index (κ2) is 52.8. The number of carbonyl (C=O) groups excluding carboxylic acids is 1. The lowest BCUT2D eigenvalue weighted by atomic mass is 9.99. The highest BCUT2D eigenvalue weighted by Crippen LogP contribution is 2.23.